The average Bonchev–Trinajstić information content (AvgIpc) is 3.28. The highest BCUT2D eigenvalue weighted by atomic mass is 16.5. The second-order valence-corrected chi connectivity index (χ2v) is 7.86. The fourth-order valence-electron chi connectivity index (χ4n) is 3.47. The van der Waals surface area contributed by atoms with Crippen LogP contribution in [0.1, 0.15) is 62.0 Å². The largest absolute Gasteiger partial charge is 0.361 e. The molecule has 1 N–H and O–H groups in total. The number of amides is 2. The van der Waals surface area contributed by atoms with E-state index in [1.165, 1.54) is 5.56 Å². The van der Waals surface area contributed by atoms with Gasteiger partial charge in [-0.15, -0.1) is 0 Å². The molecule has 2 heterocycles. The first-order valence-corrected chi connectivity index (χ1v) is 9.65. The molecule has 1 aromatic carbocycles. The summed E-state index contributed by atoms with van der Waals surface area (Å²) in [6.45, 7) is 5.03. The van der Waals surface area contributed by atoms with Gasteiger partial charge in [0.2, 0.25) is 11.8 Å². The molecule has 1 saturated heterocycles. The molecule has 4 rings (SSSR count). The monoisotopic (exact) mass is 367 g/mol. The molecule has 27 heavy (non-hydrogen) atoms. The third kappa shape index (κ3) is 3.89. The number of anilines is 1. The molecule has 2 fully saturated rings. The molecule has 1 aliphatic heterocycles. The molecule has 1 saturated carbocycles. The molecule has 0 spiro atoms. The zero-order valence-electron chi connectivity index (χ0n) is 15.8. The van der Waals surface area contributed by atoms with Crippen molar-refractivity contribution in [2.45, 2.75) is 51.5 Å². The minimum absolute atomic E-state index is 0.00935. The molecule has 1 aromatic heterocycles. The number of hydrogen-bond donors (Lipinski definition) is 1. The van der Waals surface area contributed by atoms with Gasteiger partial charge in [-0.3, -0.25) is 9.59 Å². The maximum Gasteiger partial charge on any atom is 0.227 e. The Labute approximate surface area is 158 Å². The normalized spacial score (nSPS) is 19.7. The molecular formula is C21H25N3O3. The summed E-state index contributed by atoms with van der Waals surface area (Å²) in [6, 6.07) is 9.93. The first-order chi connectivity index (χ1) is 13.0. The molecule has 6 heteroatoms. The van der Waals surface area contributed by atoms with E-state index >= 15 is 0 Å². The van der Waals surface area contributed by atoms with Crippen LogP contribution in [0.4, 0.5) is 5.69 Å². The van der Waals surface area contributed by atoms with Crippen molar-refractivity contribution in [2.24, 2.45) is 5.92 Å². The lowest BCUT2D eigenvalue weighted by Gasteiger charge is -2.17. The van der Waals surface area contributed by atoms with Crippen LogP contribution in [0.5, 0.6) is 0 Å². The number of carbonyl (C=O) groups is 2. The Bertz CT molecular complexity index is 837. The van der Waals surface area contributed by atoms with Crippen LogP contribution in [0.15, 0.2) is 34.9 Å². The maximum atomic E-state index is 12.5. The van der Waals surface area contributed by atoms with E-state index < -0.39 is 0 Å². The zero-order chi connectivity index (χ0) is 19.0. The summed E-state index contributed by atoms with van der Waals surface area (Å²) in [7, 11) is 0. The van der Waals surface area contributed by atoms with E-state index in [0.29, 0.717) is 24.9 Å². The third-order valence-corrected chi connectivity index (χ3v) is 5.37. The molecule has 0 bridgehead atoms. The van der Waals surface area contributed by atoms with Gasteiger partial charge in [-0.25, -0.2) is 0 Å². The summed E-state index contributed by atoms with van der Waals surface area (Å²) in [5.41, 5.74) is 2.82. The third-order valence-electron chi connectivity index (χ3n) is 5.37. The number of carbonyl (C=O) groups excluding carboxylic acids is 2. The summed E-state index contributed by atoms with van der Waals surface area (Å²) in [5.74, 6) is 1.41. The first kappa shape index (κ1) is 17.8. The topological polar surface area (TPSA) is 75.4 Å². The fraction of sp³-hybridized carbons (Fsp3) is 0.476. The van der Waals surface area contributed by atoms with Gasteiger partial charge in [-0.05, 0) is 36.5 Å². The molecule has 142 valence electrons. The second-order valence-electron chi connectivity index (χ2n) is 7.86. The van der Waals surface area contributed by atoms with Gasteiger partial charge in [-0.2, -0.15) is 0 Å². The number of hydrogen-bond acceptors (Lipinski definition) is 4. The molecule has 2 amide bonds. The molecule has 6 nitrogen and oxygen atoms in total. The zero-order valence-corrected chi connectivity index (χ0v) is 15.8. The Balaban J connectivity index is 1.34. The predicted molar refractivity (Wildman–Crippen MR) is 101 cm³/mol. The average molecular weight is 367 g/mol. The van der Waals surface area contributed by atoms with E-state index in [-0.39, 0.29) is 24.2 Å². The molecule has 2 aromatic rings. The van der Waals surface area contributed by atoms with Gasteiger partial charge in [0.25, 0.3) is 0 Å². The Hall–Kier alpha value is -2.63. The highest BCUT2D eigenvalue weighted by Gasteiger charge is 2.35. The molecule has 1 aliphatic carbocycles. The van der Waals surface area contributed by atoms with Crippen molar-refractivity contribution < 1.29 is 14.1 Å². The molecule has 2 aliphatic rings. The van der Waals surface area contributed by atoms with E-state index in [9.17, 15) is 9.59 Å². The summed E-state index contributed by atoms with van der Waals surface area (Å²) in [4.78, 5) is 26.6. The Morgan fingerprint density at radius 2 is 2.04 bits per heavy atom. The molecule has 1 atom stereocenters. The maximum absolute atomic E-state index is 12.5. The molecular weight excluding hydrogens is 342 g/mol. The number of nitrogens with one attached hydrogen (secondary N) is 1. The van der Waals surface area contributed by atoms with Gasteiger partial charge < -0.3 is 14.7 Å². The summed E-state index contributed by atoms with van der Waals surface area (Å²) in [6.07, 6.45) is 2.54. The van der Waals surface area contributed by atoms with Gasteiger partial charge in [0, 0.05) is 30.6 Å². The first-order valence-electron chi connectivity index (χ1n) is 9.65. The van der Waals surface area contributed by atoms with Gasteiger partial charge in [0.15, 0.2) is 0 Å². The molecule has 0 radical (unpaired) electrons. The minimum Gasteiger partial charge on any atom is -0.361 e. The quantitative estimate of drug-likeness (QED) is 0.850. The standard InChI is InChI=1S/C21H25N3O3/c1-13(2)14-5-7-18(8-6-14)24-12-16(9-20(24)25)21(26)22-11-17-10-19(27-23-17)15-3-4-15/h5-8,10,13,15-16H,3-4,9,11-12H2,1-2H3,(H,22,26)/t16-/m1/s1. The second kappa shape index (κ2) is 7.18. The fourth-order valence-corrected chi connectivity index (χ4v) is 3.47. The predicted octanol–water partition coefficient (Wildman–Crippen LogP) is 3.34. The van der Waals surface area contributed by atoms with E-state index in [1.54, 1.807) is 4.90 Å². The van der Waals surface area contributed by atoms with E-state index in [1.807, 2.05) is 30.3 Å². The lowest BCUT2D eigenvalue weighted by Crippen LogP contribution is -2.32. The van der Waals surface area contributed by atoms with Crippen molar-refractivity contribution in [3.05, 3.63) is 47.3 Å². The lowest BCUT2D eigenvalue weighted by molar-refractivity contribution is -0.126. The highest BCUT2D eigenvalue weighted by molar-refractivity contribution is 6.00. The van der Waals surface area contributed by atoms with Gasteiger partial charge in [0.1, 0.15) is 11.5 Å². The Morgan fingerprint density at radius 1 is 1.30 bits per heavy atom. The van der Waals surface area contributed by atoms with Crippen LogP contribution in [-0.2, 0) is 16.1 Å². The van der Waals surface area contributed by atoms with Gasteiger partial charge in [0.05, 0.1) is 12.5 Å². The SMILES string of the molecule is CC(C)c1ccc(N2C[C@H](C(=O)NCc3cc(C4CC4)on3)CC2=O)cc1. The van der Waals surface area contributed by atoms with E-state index in [0.717, 1.165) is 30.0 Å². The van der Waals surface area contributed by atoms with Crippen molar-refractivity contribution in [3.8, 4) is 0 Å². The van der Waals surface area contributed by atoms with Crippen molar-refractivity contribution in [3.63, 3.8) is 0 Å². The summed E-state index contributed by atoms with van der Waals surface area (Å²) < 4.78 is 5.30. The van der Waals surface area contributed by atoms with Crippen molar-refractivity contribution in [2.75, 3.05) is 11.4 Å². The van der Waals surface area contributed by atoms with Crippen LogP contribution in [0.2, 0.25) is 0 Å². The Kier molecular flexibility index (Phi) is 4.72. The van der Waals surface area contributed by atoms with Crippen LogP contribution < -0.4 is 10.2 Å². The van der Waals surface area contributed by atoms with Crippen LogP contribution in [-0.4, -0.2) is 23.5 Å². The van der Waals surface area contributed by atoms with E-state index in [2.05, 4.69) is 24.3 Å². The summed E-state index contributed by atoms with van der Waals surface area (Å²) >= 11 is 0. The number of benzene rings is 1. The van der Waals surface area contributed by atoms with Crippen LogP contribution in [0.3, 0.4) is 0 Å². The van der Waals surface area contributed by atoms with Crippen molar-refractivity contribution in [1.29, 1.82) is 0 Å². The smallest absolute Gasteiger partial charge is 0.227 e. The van der Waals surface area contributed by atoms with Crippen molar-refractivity contribution >= 4 is 17.5 Å². The Morgan fingerprint density at radius 3 is 2.70 bits per heavy atom. The van der Waals surface area contributed by atoms with Crippen LogP contribution >= 0.6 is 0 Å². The van der Waals surface area contributed by atoms with Crippen LogP contribution in [0.25, 0.3) is 0 Å². The molecule has 0 unspecified atom stereocenters. The van der Waals surface area contributed by atoms with Crippen molar-refractivity contribution in [1.82, 2.24) is 10.5 Å². The van der Waals surface area contributed by atoms with Crippen LogP contribution in [0, 0.1) is 5.92 Å². The highest BCUT2D eigenvalue weighted by Crippen LogP contribution is 2.40. The lowest BCUT2D eigenvalue weighted by atomic mass is 10.0. The number of rotatable bonds is 6. The summed E-state index contributed by atoms with van der Waals surface area (Å²) in [5, 5.41) is 6.90. The van der Waals surface area contributed by atoms with Gasteiger partial charge >= 0.3 is 0 Å². The number of aromatic nitrogens is 1. The van der Waals surface area contributed by atoms with E-state index in [4.69, 9.17) is 4.52 Å². The minimum atomic E-state index is -0.336. The number of nitrogens with zero attached hydrogens (tertiary/aromatic N) is 2. The van der Waals surface area contributed by atoms with Gasteiger partial charge in [-0.1, -0.05) is 31.1 Å².